The Kier molecular flexibility index (Phi) is 6.21. The third-order valence-corrected chi connectivity index (χ3v) is 6.10. The van der Waals surface area contributed by atoms with Gasteiger partial charge in [-0.25, -0.2) is 0 Å². The minimum absolute atomic E-state index is 0.762. The molecule has 2 heteroatoms. The van der Waals surface area contributed by atoms with Crippen molar-refractivity contribution in [3.63, 3.8) is 0 Å². The van der Waals surface area contributed by atoms with Gasteiger partial charge in [0.05, 0.1) is 0 Å². The molecule has 1 heterocycles. The first-order valence-electron chi connectivity index (χ1n) is 10.2. The molecule has 2 atom stereocenters. The van der Waals surface area contributed by atoms with Crippen LogP contribution in [0.4, 0.5) is 5.69 Å². The van der Waals surface area contributed by atoms with Crippen molar-refractivity contribution in [1.82, 2.24) is 4.90 Å². The lowest BCUT2D eigenvalue weighted by molar-refractivity contribution is 0.252. The molecule has 0 aromatic heterocycles. The predicted octanol–water partition coefficient (Wildman–Crippen LogP) is 5.15. The van der Waals surface area contributed by atoms with Crippen molar-refractivity contribution in [1.29, 1.82) is 0 Å². The lowest BCUT2D eigenvalue weighted by Crippen LogP contribution is -2.47. The summed E-state index contributed by atoms with van der Waals surface area (Å²) in [6.45, 7) is 13.3. The van der Waals surface area contributed by atoms with Crippen molar-refractivity contribution in [2.24, 2.45) is 11.8 Å². The SMILES string of the molecule is CCCCN1CCN(c2ccccc2C2CC(C)CC(C)C2)CC1. The maximum Gasteiger partial charge on any atom is 0.0402 e. The highest BCUT2D eigenvalue weighted by atomic mass is 15.3. The Hall–Kier alpha value is -1.02. The van der Waals surface area contributed by atoms with Crippen LogP contribution in [0.15, 0.2) is 24.3 Å². The van der Waals surface area contributed by atoms with Crippen molar-refractivity contribution in [2.75, 3.05) is 37.6 Å². The number of anilines is 1. The van der Waals surface area contributed by atoms with Crippen LogP contribution in [0.5, 0.6) is 0 Å². The Morgan fingerprint density at radius 2 is 1.58 bits per heavy atom. The van der Waals surface area contributed by atoms with Gasteiger partial charge >= 0.3 is 0 Å². The van der Waals surface area contributed by atoms with E-state index < -0.39 is 0 Å². The molecule has 2 unspecified atom stereocenters. The number of hydrogen-bond donors (Lipinski definition) is 0. The zero-order chi connectivity index (χ0) is 16.9. The second kappa shape index (κ2) is 8.38. The van der Waals surface area contributed by atoms with Crippen LogP contribution in [0.25, 0.3) is 0 Å². The molecule has 0 spiro atoms. The van der Waals surface area contributed by atoms with E-state index >= 15 is 0 Å². The van der Waals surface area contributed by atoms with Gasteiger partial charge in [0, 0.05) is 31.9 Å². The minimum Gasteiger partial charge on any atom is -0.369 e. The molecule has 0 N–H and O–H groups in total. The average molecular weight is 329 g/mol. The number of piperazine rings is 1. The summed E-state index contributed by atoms with van der Waals surface area (Å²) in [4.78, 5) is 5.30. The van der Waals surface area contributed by atoms with Gasteiger partial charge in [0.1, 0.15) is 0 Å². The number of hydrogen-bond acceptors (Lipinski definition) is 2. The third kappa shape index (κ3) is 4.33. The van der Waals surface area contributed by atoms with Gasteiger partial charge in [-0.3, -0.25) is 4.90 Å². The third-order valence-electron chi connectivity index (χ3n) is 6.10. The van der Waals surface area contributed by atoms with Gasteiger partial charge in [-0.1, -0.05) is 45.4 Å². The van der Waals surface area contributed by atoms with Gasteiger partial charge in [-0.2, -0.15) is 0 Å². The second-order valence-corrected chi connectivity index (χ2v) is 8.36. The van der Waals surface area contributed by atoms with E-state index in [-0.39, 0.29) is 0 Å². The van der Waals surface area contributed by atoms with Gasteiger partial charge in [-0.15, -0.1) is 0 Å². The highest BCUT2D eigenvalue weighted by molar-refractivity contribution is 5.55. The quantitative estimate of drug-likeness (QED) is 0.737. The molecule has 2 nitrogen and oxygen atoms in total. The number of benzene rings is 1. The molecule has 0 amide bonds. The van der Waals surface area contributed by atoms with Crippen LogP contribution >= 0.6 is 0 Å². The molecular formula is C22H36N2. The fourth-order valence-electron chi connectivity index (χ4n) is 4.92. The van der Waals surface area contributed by atoms with E-state index in [0.29, 0.717) is 0 Å². The van der Waals surface area contributed by atoms with E-state index in [2.05, 4.69) is 54.8 Å². The van der Waals surface area contributed by atoms with Crippen molar-refractivity contribution < 1.29 is 0 Å². The van der Waals surface area contributed by atoms with Gasteiger partial charge in [-0.05, 0) is 61.6 Å². The summed E-state index contributed by atoms with van der Waals surface area (Å²) in [5.74, 6) is 2.51. The molecule has 1 aromatic carbocycles. The first-order valence-corrected chi connectivity index (χ1v) is 10.2. The smallest absolute Gasteiger partial charge is 0.0402 e. The van der Waals surface area contributed by atoms with Gasteiger partial charge in [0.2, 0.25) is 0 Å². The zero-order valence-electron chi connectivity index (χ0n) is 16.0. The molecule has 1 aliphatic heterocycles. The summed E-state index contributed by atoms with van der Waals surface area (Å²) in [7, 11) is 0. The molecule has 3 rings (SSSR count). The van der Waals surface area contributed by atoms with Gasteiger partial charge in [0.25, 0.3) is 0 Å². The molecule has 1 aliphatic carbocycles. The molecule has 2 fully saturated rings. The Balaban J connectivity index is 1.69. The monoisotopic (exact) mass is 328 g/mol. The number of nitrogens with zero attached hydrogens (tertiary/aromatic N) is 2. The normalized spacial score (nSPS) is 29.0. The van der Waals surface area contributed by atoms with E-state index in [1.807, 2.05) is 0 Å². The Labute approximate surface area is 149 Å². The highest BCUT2D eigenvalue weighted by Gasteiger charge is 2.28. The topological polar surface area (TPSA) is 6.48 Å². The fourth-order valence-corrected chi connectivity index (χ4v) is 4.92. The van der Waals surface area contributed by atoms with Crippen molar-refractivity contribution in [3.8, 4) is 0 Å². The Morgan fingerprint density at radius 1 is 0.917 bits per heavy atom. The van der Waals surface area contributed by atoms with Crippen molar-refractivity contribution in [3.05, 3.63) is 29.8 Å². The Bertz CT molecular complexity index is 494. The molecule has 1 saturated heterocycles. The second-order valence-electron chi connectivity index (χ2n) is 8.36. The fraction of sp³-hybridized carbons (Fsp3) is 0.727. The summed E-state index contributed by atoms with van der Waals surface area (Å²) in [6, 6.07) is 9.27. The van der Waals surface area contributed by atoms with E-state index in [0.717, 1.165) is 17.8 Å². The van der Waals surface area contributed by atoms with E-state index in [9.17, 15) is 0 Å². The summed E-state index contributed by atoms with van der Waals surface area (Å²) in [5.41, 5.74) is 3.15. The average Bonchev–Trinajstić information content (AvgIpc) is 2.59. The van der Waals surface area contributed by atoms with Gasteiger partial charge < -0.3 is 4.90 Å². The van der Waals surface area contributed by atoms with Crippen molar-refractivity contribution >= 4 is 5.69 Å². The summed E-state index contributed by atoms with van der Waals surface area (Å²) < 4.78 is 0. The van der Waals surface area contributed by atoms with Crippen molar-refractivity contribution in [2.45, 2.75) is 58.8 Å². The molecule has 1 aromatic rings. The van der Waals surface area contributed by atoms with Gasteiger partial charge in [0.15, 0.2) is 0 Å². The van der Waals surface area contributed by atoms with E-state index in [1.165, 1.54) is 70.5 Å². The van der Waals surface area contributed by atoms with Crippen LogP contribution in [0.1, 0.15) is 64.4 Å². The number of para-hydroxylation sites is 1. The molecular weight excluding hydrogens is 292 g/mol. The summed E-state index contributed by atoms with van der Waals surface area (Å²) >= 11 is 0. The van der Waals surface area contributed by atoms with Crippen LogP contribution in [-0.4, -0.2) is 37.6 Å². The largest absolute Gasteiger partial charge is 0.369 e. The molecule has 1 saturated carbocycles. The maximum absolute atomic E-state index is 2.65. The first-order chi connectivity index (χ1) is 11.7. The van der Waals surface area contributed by atoms with Crippen LogP contribution in [-0.2, 0) is 0 Å². The van der Waals surface area contributed by atoms with Crippen LogP contribution < -0.4 is 4.90 Å². The number of unbranched alkanes of at least 4 members (excludes halogenated alkanes) is 1. The van der Waals surface area contributed by atoms with E-state index in [4.69, 9.17) is 0 Å². The lowest BCUT2D eigenvalue weighted by Gasteiger charge is -2.39. The summed E-state index contributed by atoms with van der Waals surface area (Å²) in [5, 5.41) is 0. The Morgan fingerprint density at radius 3 is 2.25 bits per heavy atom. The number of rotatable bonds is 5. The zero-order valence-corrected chi connectivity index (χ0v) is 16.0. The molecule has 0 bridgehead atoms. The predicted molar refractivity (Wildman–Crippen MR) is 105 cm³/mol. The van der Waals surface area contributed by atoms with Crippen LogP contribution in [0.2, 0.25) is 0 Å². The first kappa shape index (κ1) is 17.8. The lowest BCUT2D eigenvalue weighted by atomic mass is 9.73. The maximum atomic E-state index is 2.65. The molecule has 134 valence electrons. The molecule has 24 heavy (non-hydrogen) atoms. The summed E-state index contributed by atoms with van der Waals surface area (Å²) in [6.07, 6.45) is 6.81. The standard InChI is InChI=1S/C22H36N2/c1-4-5-10-23-11-13-24(14-12-23)22-9-7-6-8-21(22)20-16-18(2)15-19(3)17-20/h6-9,18-20H,4-5,10-17H2,1-3H3. The minimum atomic E-state index is 0.762. The van der Waals surface area contributed by atoms with Crippen LogP contribution in [0, 0.1) is 11.8 Å². The van der Waals surface area contributed by atoms with Crippen LogP contribution in [0.3, 0.4) is 0 Å². The van der Waals surface area contributed by atoms with E-state index in [1.54, 1.807) is 5.56 Å². The highest BCUT2D eigenvalue weighted by Crippen LogP contribution is 2.42. The molecule has 2 aliphatic rings. The molecule has 0 radical (unpaired) electrons.